The van der Waals surface area contributed by atoms with Crippen molar-refractivity contribution in [1.29, 1.82) is 0 Å². The van der Waals surface area contributed by atoms with E-state index < -0.39 is 10.8 Å². The lowest BCUT2D eigenvalue weighted by atomic mass is 10.2. The zero-order valence-electron chi connectivity index (χ0n) is 13.8. The van der Waals surface area contributed by atoms with Crippen molar-refractivity contribution >= 4 is 10.8 Å². The smallest absolute Gasteiger partial charge is 0.226 e. The summed E-state index contributed by atoms with van der Waals surface area (Å²) in [7, 11) is -1.12. The SMILES string of the molecule is Cc1oc(-c2ccccc2)nc1CS(=O)CCOc1ccc(F)cc1. The van der Waals surface area contributed by atoms with Crippen LogP contribution in [0.1, 0.15) is 11.5 Å². The van der Waals surface area contributed by atoms with Crippen LogP contribution in [-0.4, -0.2) is 21.6 Å². The van der Waals surface area contributed by atoms with Gasteiger partial charge in [0.15, 0.2) is 0 Å². The lowest BCUT2D eigenvalue weighted by Gasteiger charge is -2.05. The van der Waals surface area contributed by atoms with Gasteiger partial charge < -0.3 is 9.15 Å². The van der Waals surface area contributed by atoms with Crippen molar-refractivity contribution < 1.29 is 17.8 Å². The van der Waals surface area contributed by atoms with Gasteiger partial charge in [0.05, 0.1) is 23.8 Å². The molecule has 1 heterocycles. The first kappa shape index (κ1) is 17.4. The number of hydrogen-bond donors (Lipinski definition) is 0. The Morgan fingerprint density at radius 1 is 1.12 bits per heavy atom. The molecule has 0 aliphatic carbocycles. The Kier molecular flexibility index (Phi) is 5.60. The van der Waals surface area contributed by atoms with Gasteiger partial charge in [0.1, 0.15) is 17.3 Å². The monoisotopic (exact) mass is 359 g/mol. The molecule has 1 unspecified atom stereocenters. The minimum atomic E-state index is -1.12. The molecule has 25 heavy (non-hydrogen) atoms. The lowest BCUT2D eigenvalue weighted by Crippen LogP contribution is -2.10. The van der Waals surface area contributed by atoms with Crippen LogP contribution in [-0.2, 0) is 16.6 Å². The highest BCUT2D eigenvalue weighted by atomic mass is 32.2. The Balaban J connectivity index is 1.54. The molecule has 6 heteroatoms. The van der Waals surface area contributed by atoms with Gasteiger partial charge in [-0.1, -0.05) is 18.2 Å². The predicted molar refractivity (Wildman–Crippen MR) is 95.3 cm³/mol. The van der Waals surface area contributed by atoms with Crippen LogP contribution >= 0.6 is 0 Å². The summed E-state index contributed by atoms with van der Waals surface area (Å²) in [5, 5.41) is 0. The third-order valence-electron chi connectivity index (χ3n) is 3.60. The Morgan fingerprint density at radius 2 is 1.84 bits per heavy atom. The molecule has 3 aromatic rings. The number of ether oxygens (including phenoxy) is 1. The van der Waals surface area contributed by atoms with E-state index in [0.29, 0.717) is 41.2 Å². The van der Waals surface area contributed by atoms with Gasteiger partial charge in [-0.05, 0) is 43.3 Å². The van der Waals surface area contributed by atoms with Gasteiger partial charge >= 0.3 is 0 Å². The standard InChI is InChI=1S/C19H18FNO3S/c1-14-18(21-19(24-14)15-5-3-2-4-6-15)13-25(22)12-11-23-17-9-7-16(20)8-10-17/h2-10H,11-13H2,1H3. The van der Waals surface area contributed by atoms with Gasteiger partial charge in [-0.25, -0.2) is 9.37 Å². The van der Waals surface area contributed by atoms with Gasteiger partial charge in [-0.15, -0.1) is 0 Å². The number of benzene rings is 2. The highest BCUT2D eigenvalue weighted by Gasteiger charge is 2.14. The van der Waals surface area contributed by atoms with Crippen molar-refractivity contribution in [3.63, 3.8) is 0 Å². The number of aromatic nitrogens is 1. The zero-order valence-corrected chi connectivity index (χ0v) is 14.6. The van der Waals surface area contributed by atoms with Crippen LogP contribution in [0.5, 0.6) is 5.75 Å². The van der Waals surface area contributed by atoms with Crippen LogP contribution in [0, 0.1) is 12.7 Å². The average molecular weight is 359 g/mol. The predicted octanol–water partition coefficient (Wildman–Crippen LogP) is 4.12. The molecular formula is C19H18FNO3S. The van der Waals surface area contributed by atoms with E-state index in [0.717, 1.165) is 5.56 Å². The van der Waals surface area contributed by atoms with Crippen LogP contribution in [0.15, 0.2) is 59.0 Å². The van der Waals surface area contributed by atoms with E-state index in [-0.39, 0.29) is 5.82 Å². The summed E-state index contributed by atoms with van der Waals surface area (Å²) in [5.41, 5.74) is 1.58. The quantitative estimate of drug-likeness (QED) is 0.637. The third-order valence-corrected chi connectivity index (χ3v) is 4.82. The summed E-state index contributed by atoms with van der Waals surface area (Å²) < 4.78 is 36.2. The summed E-state index contributed by atoms with van der Waals surface area (Å²) in [6.07, 6.45) is 0. The largest absolute Gasteiger partial charge is 0.493 e. The number of aryl methyl sites for hydroxylation is 1. The second-order valence-corrected chi connectivity index (χ2v) is 7.06. The summed E-state index contributed by atoms with van der Waals surface area (Å²) in [6, 6.07) is 15.4. The molecule has 0 aliphatic heterocycles. The van der Waals surface area contributed by atoms with Gasteiger partial charge in [0, 0.05) is 16.4 Å². The summed E-state index contributed by atoms with van der Waals surface area (Å²) >= 11 is 0. The van der Waals surface area contributed by atoms with Crippen molar-refractivity contribution in [2.24, 2.45) is 0 Å². The summed E-state index contributed by atoms with van der Waals surface area (Å²) in [5.74, 6) is 2.13. The summed E-state index contributed by atoms with van der Waals surface area (Å²) in [6.45, 7) is 2.11. The first-order valence-electron chi connectivity index (χ1n) is 7.87. The van der Waals surface area contributed by atoms with Crippen LogP contribution in [0.4, 0.5) is 4.39 Å². The highest BCUT2D eigenvalue weighted by Crippen LogP contribution is 2.22. The first-order valence-corrected chi connectivity index (χ1v) is 9.35. The Bertz CT molecular complexity index is 847. The maximum Gasteiger partial charge on any atom is 0.226 e. The molecule has 0 N–H and O–H groups in total. The Labute approximate surface area is 148 Å². The normalized spacial score (nSPS) is 12.1. The molecule has 0 spiro atoms. The van der Waals surface area contributed by atoms with Gasteiger partial charge in [0.25, 0.3) is 0 Å². The maximum absolute atomic E-state index is 12.8. The molecule has 0 amide bonds. The minimum Gasteiger partial charge on any atom is -0.493 e. The van der Waals surface area contributed by atoms with E-state index in [4.69, 9.17) is 9.15 Å². The average Bonchev–Trinajstić information content (AvgIpc) is 2.98. The number of nitrogens with zero attached hydrogens (tertiary/aromatic N) is 1. The fourth-order valence-electron chi connectivity index (χ4n) is 2.27. The molecular weight excluding hydrogens is 341 g/mol. The molecule has 0 saturated carbocycles. The van der Waals surface area contributed by atoms with Crippen molar-refractivity contribution in [2.75, 3.05) is 12.4 Å². The Morgan fingerprint density at radius 3 is 2.56 bits per heavy atom. The van der Waals surface area contributed by atoms with E-state index >= 15 is 0 Å². The third kappa shape index (κ3) is 4.76. The van der Waals surface area contributed by atoms with E-state index in [9.17, 15) is 8.60 Å². The molecule has 1 atom stereocenters. The Hall–Kier alpha value is -2.47. The number of halogens is 1. The molecule has 3 rings (SSSR count). The second-order valence-electron chi connectivity index (χ2n) is 5.48. The molecule has 0 radical (unpaired) electrons. The van der Waals surface area contributed by atoms with Crippen LogP contribution < -0.4 is 4.74 Å². The maximum atomic E-state index is 12.8. The number of rotatable bonds is 7. The van der Waals surface area contributed by atoms with Crippen LogP contribution in [0.3, 0.4) is 0 Å². The minimum absolute atomic E-state index is 0.292. The molecule has 0 aliphatic rings. The number of hydrogen-bond acceptors (Lipinski definition) is 4. The van der Waals surface area contributed by atoms with E-state index in [2.05, 4.69) is 4.98 Å². The van der Waals surface area contributed by atoms with Crippen molar-refractivity contribution in [1.82, 2.24) is 4.98 Å². The molecule has 2 aromatic carbocycles. The lowest BCUT2D eigenvalue weighted by molar-refractivity contribution is 0.342. The van der Waals surface area contributed by atoms with Crippen molar-refractivity contribution in [3.8, 4) is 17.2 Å². The molecule has 130 valence electrons. The van der Waals surface area contributed by atoms with Crippen molar-refractivity contribution in [2.45, 2.75) is 12.7 Å². The topological polar surface area (TPSA) is 52.3 Å². The second kappa shape index (κ2) is 8.07. The van der Waals surface area contributed by atoms with E-state index in [1.54, 1.807) is 12.1 Å². The molecule has 0 fully saturated rings. The van der Waals surface area contributed by atoms with E-state index in [1.165, 1.54) is 12.1 Å². The van der Waals surface area contributed by atoms with Crippen LogP contribution in [0.25, 0.3) is 11.5 Å². The van der Waals surface area contributed by atoms with Crippen molar-refractivity contribution in [3.05, 3.63) is 71.9 Å². The molecule has 0 saturated heterocycles. The highest BCUT2D eigenvalue weighted by molar-refractivity contribution is 7.84. The zero-order chi connectivity index (χ0) is 17.6. The first-order chi connectivity index (χ1) is 12.1. The fraction of sp³-hybridized carbons (Fsp3) is 0.211. The van der Waals surface area contributed by atoms with Crippen LogP contribution in [0.2, 0.25) is 0 Å². The molecule has 0 bridgehead atoms. The summed E-state index contributed by atoms with van der Waals surface area (Å²) in [4.78, 5) is 4.45. The van der Waals surface area contributed by atoms with Gasteiger partial charge in [0.2, 0.25) is 5.89 Å². The fourth-order valence-corrected chi connectivity index (χ4v) is 3.26. The molecule has 1 aromatic heterocycles. The van der Waals surface area contributed by atoms with Gasteiger partial charge in [-0.2, -0.15) is 0 Å². The molecule has 4 nitrogen and oxygen atoms in total. The number of oxazole rings is 1. The van der Waals surface area contributed by atoms with E-state index in [1.807, 2.05) is 37.3 Å². The van der Waals surface area contributed by atoms with Gasteiger partial charge in [-0.3, -0.25) is 4.21 Å².